The monoisotopic (exact) mass is 502 g/mol. The van der Waals surface area contributed by atoms with Gasteiger partial charge in [0.25, 0.3) is 10.1 Å². The SMILES string of the molecule is COCC(COC(c1ccccc1)(c1ccccc1)c1ccccc1)OS(=O)(=O)c1ccc(C)cc1. The van der Waals surface area contributed by atoms with Crippen LogP contribution in [0.3, 0.4) is 0 Å². The van der Waals surface area contributed by atoms with Crippen LogP contribution in [0.5, 0.6) is 0 Å². The van der Waals surface area contributed by atoms with Crippen LogP contribution in [0.2, 0.25) is 0 Å². The second-order valence-corrected chi connectivity index (χ2v) is 10.1. The first kappa shape index (κ1) is 25.8. The van der Waals surface area contributed by atoms with Crippen molar-refractivity contribution in [2.45, 2.75) is 23.5 Å². The summed E-state index contributed by atoms with van der Waals surface area (Å²) in [5.74, 6) is 0. The topological polar surface area (TPSA) is 61.8 Å². The van der Waals surface area contributed by atoms with Crippen molar-refractivity contribution in [1.29, 1.82) is 0 Å². The van der Waals surface area contributed by atoms with Crippen molar-refractivity contribution in [3.8, 4) is 0 Å². The number of rotatable bonds is 11. The first-order valence-electron chi connectivity index (χ1n) is 11.7. The molecule has 0 saturated heterocycles. The molecule has 4 aromatic rings. The van der Waals surface area contributed by atoms with Gasteiger partial charge in [0.15, 0.2) is 0 Å². The predicted molar refractivity (Wildman–Crippen MR) is 140 cm³/mol. The molecule has 1 unspecified atom stereocenters. The maximum atomic E-state index is 13.0. The van der Waals surface area contributed by atoms with Gasteiger partial charge in [-0.15, -0.1) is 0 Å². The largest absolute Gasteiger partial charge is 0.382 e. The van der Waals surface area contributed by atoms with E-state index in [9.17, 15) is 8.42 Å². The quantitative estimate of drug-likeness (QED) is 0.194. The highest BCUT2D eigenvalue weighted by atomic mass is 32.2. The van der Waals surface area contributed by atoms with Gasteiger partial charge in [0.1, 0.15) is 11.7 Å². The zero-order valence-electron chi connectivity index (χ0n) is 20.4. The Kier molecular flexibility index (Phi) is 8.33. The molecule has 0 heterocycles. The molecule has 0 aliphatic rings. The van der Waals surface area contributed by atoms with Gasteiger partial charge >= 0.3 is 0 Å². The van der Waals surface area contributed by atoms with Crippen LogP contribution in [0.25, 0.3) is 0 Å². The average molecular weight is 503 g/mol. The van der Waals surface area contributed by atoms with E-state index in [1.54, 1.807) is 12.1 Å². The summed E-state index contributed by atoms with van der Waals surface area (Å²) < 4.78 is 43.7. The lowest BCUT2D eigenvalue weighted by atomic mass is 9.80. The van der Waals surface area contributed by atoms with Gasteiger partial charge in [0.2, 0.25) is 0 Å². The second-order valence-electron chi connectivity index (χ2n) is 8.53. The zero-order chi connectivity index (χ0) is 25.4. The zero-order valence-corrected chi connectivity index (χ0v) is 21.2. The van der Waals surface area contributed by atoms with E-state index in [4.69, 9.17) is 13.7 Å². The third-order valence-corrected chi connectivity index (χ3v) is 7.33. The van der Waals surface area contributed by atoms with Crippen LogP contribution in [0.4, 0.5) is 0 Å². The summed E-state index contributed by atoms with van der Waals surface area (Å²) in [6.45, 7) is 1.91. The van der Waals surface area contributed by atoms with Crippen LogP contribution in [0.1, 0.15) is 22.3 Å². The van der Waals surface area contributed by atoms with E-state index < -0.39 is 21.8 Å². The first-order chi connectivity index (χ1) is 17.5. The number of ether oxygens (including phenoxy) is 2. The van der Waals surface area contributed by atoms with Crippen LogP contribution >= 0.6 is 0 Å². The van der Waals surface area contributed by atoms with Gasteiger partial charge in [-0.3, -0.25) is 4.18 Å². The molecule has 1 atom stereocenters. The lowest BCUT2D eigenvalue weighted by Crippen LogP contribution is -2.38. The van der Waals surface area contributed by atoms with Crippen molar-refractivity contribution in [2.75, 3.05) is 20.3 Å². The molecule has 0 aliphatic carbocycles. The molecule has 4 aromatic carbocycles. The highest BCUT2D eigenvalue weighted by Crippen LogP contribution is 2.40. The Morgan fingerprint density at radius 1 is 0.667 bits per heavy atom. The van der Waals surface area contributed by atoms with Crippen LogP contribution in [0.15, 0.2) is 120 Å². The molecule has 36 heavy (non-hydrogen) atoms. The molecule has 0 aliphatic heterocycles. The molecule has 0 bridgehead atoms. The van der Waals surface area contributed by atoms with Gasteiger partial charge in [-0.05, 0) is 35.7 Å². The summed E-state index contributed by atoms with van der Waals surface area (Å²) in [4.78, 5) is 0.0923. The van der Waals surface area contributed by atoms with E-state index in [1.807, 2.05) is 97.9 Å². The highest BCUT2D eigenvalue weighted by molar-refractivity contribution is 7.86. The first-order valence-corrected chi connectivity index (χ1v) is 13.2. The molecular weight excluding hydrogens is 472 g/mol. The van der Waals surface area contributed by atoms with E-state index >= 15 is 0 Å². The number of methoxy groups -OCH3 is 1. The van der Waals surface area contributed by atoms with Crippen LogP contribution < -0.4 is 0 Å². The normalized spacial score (nSPS) is 12.8. The minimum atomic E-state index is -4.02. The van der Waals surface area contributed by atoms with E-state index in [0.717, 1.165) is 22.3 Å². The highest BCUT2D eigenvalue weighted by Gasteiger charge is 2.38. The Bertz CT molecular complexity index is 1230. The Hall–Kier alpha value is -3.29. The van der Waals surface area contributed by atoms with Gasteiger partial charge in [0, 0.05) is 7.11 Å². The fourth-order valence-corrected chi connectivity index (χ4v) is 5.27. The third kappa shape index (κ3) is 5.74. The summed E-state index contributed by atoms with van der Waals surface area (Å²) in [6.07, 6.45) is -0.864. The van der Waals surface area contributed by atoms with Gasteiger partial charge < -0.3 is 9.47 Å². The molecule has 0 saturated carbocycles. The minimum Gasteiger partial charge on any atom is -0.382 e. The standard InChI is InChI=1S/C30H30O5S/c1-24-18-20-29(21-19-24)36(31,32)35-28(22-33-2)23-34-30(25-12-6-3-7-13-25,26-14-8-4-9-15-26)27-16-10-5-11-17-27/h3-21,28H,22-23H2,1-2H3. The molecule has 5 nitrogen and oxygen atoms in total. The van der Waals surface area contributed by atoms with Crippen molar-refractivity contribution in [2.24, 2.45) is 0 Å². The van der Waals surface area contributed by atoms with Crippen molar-refractivity contribution in [3.63, 3.8) is 0 Å². The van der Waals surface area contributed by atoms with Gasteiger partial charge in [-0.2, -0.15) is 8.42 Å². The van der Waals surface area contributed by atoms with E-state index in [2.05, 4.69) is 0 Å². The van der Waals surface area contributed by atoms with E-state index in [0.29, 0.717) is 0 Å². The van der Waals surface area contributed by atoms with Crippen LogP contribution in [0, 0.1) is 6.92 Å². The summed E-state index contributed by atoms with van der Waals surface area (Å²) in [7, 11) is -2.51. The predicted octanol–water partition coefficient (Wildman–Crippen LogP) is 5.72. The second kappa shape index (κ2) is 11.6. The molecular formula is C30H30O5S. The molecule has 0 aromatic heterocycles. The molecule has 0 spiro atoms. The Balaban J connectivity index is 1.73. The molecule has 6 heteroatoms. The summed E-state index contributed by atoms with van der Waals surface area (Å²) in [5.41, 5.74) is 2.72. The van der Waals surface area contributed by atoms with Crippen molar-refractivity contribution >= 4 is 10.1 Å². The Morgan fingerprint density at radius 2 is 1.11 bits per heavy atom. The van der Waals surface area contributed by atoms with Crippen LogP contribution in [-0.2, 0) is 29.4 Å². The molecule has 0 amide bonds. The summed E-state index contributed by atoms with van der Waals surface area (Å²) in [6, 6.07) is 36.2. The number of benzene rings is 4. The van der Waals surface area contributed by atoms with E-state index in [1.165, 1.54) is 19.2 Å². The number of aryl methyl sites for hydroxylation is 1. The van der Waals surface area contributed by atoms with E-state index in [-0.39, 0.29) is 18.1 Å². The maximum absolute atomic E-state index is 13.0. The van der Waals surface area contributed by atoms with Crippen molar-refractivity contribution in [3.05, 3.63) is 138 Å². The molecule has 0 fully saturated rings. The fraction of sp³-hybridized carbons (Fsp3) is 0.200. The molecule has 0 radical (unpaired) electrons. The summed E-state index contributed by atoms with van der Waals surface area (Å²) >= 11 is 0. The molecule has 186 valence electrons. The van der Waals surface area contributed by atoms with Crippen molar-refractivity contribution in [1.82, 2.24) is 0 Å². The summed E-state index contributed by atoms with van der Waals surface area (Å²) in [5, 5.41) is 0. The smallest absolute Gasteiger partial charge is 0.297 e. The fourth-order valence-electron chi connectivity index (χ4n) is 4.22. The molecule has 4 rings (SSSR count). The number of hydrogen-bond donors (Lipinski definition) is 0. The average Bonchev–Trinajstić information content (AvgIpc) is 2.91. The lowest BCUT2D eigenvalue weighted by molar-refractivity contribution is -0.0475. The molecule has 0 N–H and O–H groups in total. The maximum Gasteiger partial charge on any atom is 0.297 e. The lowest BCUT2D eigenvalue weighted by Gasteiger charge is -2.37. The van der Waals surface area contributed by atoms with Crippen LogP contribution in [-0.4, -0.2) is 34.8 Å². The van der Waals surface area contributed by atoms with Gasteiger partial charge in [-0.1, -0.05) is 109 Å². The third-order valence-electron chi connectivity index (χ3n) is 5.95. The van der Waals surface area contributed by atoms with Gasteiger partial charge in [-0.25, -0.2) is 0 Å². The Morgan fingerprint density at radius 3 is 1.53 bits per heavy atom. The minimum absolute atomic E-state index is 0.0301. The Labute approximate surface area is 213 Å². The van der Waals surface area contributed by atoms with Gasteiger partial charge in [0.05, 0.1) is 18.1 Å². The number of hydrogen-bond acceptors (Lipinski definition) is 5. The van der Waals surface area contributed by atoms with Crippen molar-refractivity contribution < 1.29 is 22.1 Å².